The monoisotopic (exact) mass is 863 g/mol. The molecular formula is C46H35BrIN5. The summed E-state index contributed by atoms with van der Waals surface area (Å²) in [6.07, 6.45) is 2.15. The van der Waals surface area contributed by atoms with Crippen LogP contribution in [-0.2, 0) is 11.1 Å². The lowest BCUT2D eigenvalue weighted by Gasteiger charge is -2.38. The van der Waals surface area contributed by atoms with Gasteiger partial charge in [-0.3, -0.25) is 0 Å². The molecule has 0 saturated carbocycles. The number of anilines is 1. The van der Waals surface area contributed by atoms with Gasteiger partial charge in [0.15, 0.2) is 5.65 Å². The number of alkyl halides is 1. The molecule has 53 heavy (non-hydrogen) atoms. The molecule has 7 heteroatoms. The third-order valence-corrected chi connectivity index (χ3v) is 11.1. The fourth-order valence-corrected chi connectivity index (χ4v) is 8.99. The normalized spacial score (nSPS) is 12.2. The van der Waals surface area contributed by atoms with E-state index in [2.05, 4.69) is 220 Å². The molecule has 0 unspecified atom stereocenters. The zero-order chi connectivity index (χ0) is 36.1. The number of allylic oxidation sites excluding steroid dienone is 1. The van der Waals surface area contributed by atoms with Crippen molar-refractivity contribution in [2.75, 3.05) is 10.6 Å². The number of rotatable bonds is 11. The number of hydrogen-bond donors (Lipinski definition) is 1. The van der Waals surface area contributed by atoms with Gasteiger partial charge in [-0.1, -0.05) is 209 Å². The summed E-state index contributed by atoms with van der Waals surface area (Å²) < 4.78 is 3.06. The van der Waals surface area contributed by atoms with Crippen LogP contribution in [0.2, 0.25) is 0 Å². The first-order valence-electron chi connectivity index (χ1n) is 17.5. The number of nitrogens with zero attached hydrogens (tertiary/aromatic N) is 4. The topological polar surface area (TPSA) is 55.6 Å². The van der Waals surface area contributed by atoms with E-state index in [1.165, 1.54) is 0 Å². The minimum atomic E-state index is -0.901. The minimum Gasteiger partial charge on any atom is -0.353 e. The molecule has 5 nitrogen and oxygen atoms in total. The molecule has 0 amide bonds. The molecule has 0 aliphatic carbocycles. The van der Waals surface area contributed by atoms with Gasteiger partial charge in [0, 0.05) is 14.5 Å². The molecule has 0 spiro atoms. The summed E-state index contributed by atoms with van der Waals surface area (Å²) in [6.45, 7) is 0. The second-order valence-electron chi connectivity index (χ2n) is 12.7. The van der Waals surface area contributed by atoms with Gasteiger partial charge in [0.05, 0.1) is 0 Å². The Labute approximate surface area is 331 Å². The van der Waals surface area contributed by atoms with Crippen LogP contribution in [0.4, 0.5) is 5.82 Å². The van der Waals surface area contributed by atoms with Crippen LogP contribution in [0.3, 0.4) is 0 Å². The van der Waals surface area contributed by atoms with Gasteiger partial charge in [-0.2, -0.15) is 0 Å². The van der Waals surface area contributed by atoms with Crippen molar-refractivity contribution >= 4 is 59.1 Å². The van der Waals surface area contributed by atoms with E-state index < -0.39 is 11.1 Å². The lowest BCUT2D eigenvalue weighted by atomic mass is 9.77. The predicted octanol–water partition coefficient (Wildman–Crippen LogP) is 11.2. The second-order valence-corrected chi connectivity index (χ2v) is 14.5. The number of fused-ring (bicyclic) bond motifs is 1. The van der Waals surface area contributed by atoms with Crippen molar-refractivity contribution in [3.05, 3.63) is 233 Å². The molecule has 8 rings (SSSR count). The van der Waals surface area contributed by atoms with Gasteiger partial charge in [0.1, 0.15) is 22.4 Å². The number of pyridine rings is 1. The first-order chi connectivity index (χ1) is 26.2. The molecule has 0 saturated heterocycles. The summed E-state index contributed by atoms with van der Waals surface area (Å²) in [4.78, 5) is 5.53. The van der Waals surface area contributed by atoms with Crippen LogP contribution in [0, 0.1) is 0 Å². The highest BCUT2D eigenvalue weighted by atomic mass is 127. The molecular weight excluding hydrogens is 829 g/mol. The fourth-order valence-electron chi connectivity index (χ4n) is 7.43. The van der Waals surface area contributed by atoms with E-state index in [0.29, 0.717) is 22.3 Å². The van der Waals surface area contributed by atoms with Crippen LogP contribution in [0.15, 0.2) is 194 Å². The summed E-state index contributed by atoms with van der Waals surface area (Å²) in [5.41, 5.74) is 7.02. The van der Waals surface area contributed by atoms with Crippen LogP contribution >= 0.6 is 38.5 Å². The van der Waals surface area contributed by atoms with Crippen molar-refractivity contribution in [3.8, 4) is 0 Å². The Bertz CT molecular complexity index is 2260. The van der Waals surface area contributed by atoms with E-state index in [9.17, 15) is 0 Å². The van der Waals surface area contributed by atoms with Gasteiger partial charge in [-0.25, -0.2) is 9.67 Å². The molecule has 0 fully saturated rings. The average molecular weight is 865 g/mol. The van der Waals surface area contributed by atoms with Gasteiger partial charge < -0.3 is 5.32 Å². The number of halogens is 2. The van der Waals surface area contributed by atoms with Crippen molar-refractivity contribution in [2.24, 2.45) is 0 Å². The maximum atomic E-state index is 5.53. The van der Waals surface area contributed by atoms with Crippen LogP contribution in [-0.4, -0.2) is 25.3 Å². The first-order valence-corrected chi connectivity index (χ1v) is 19.7. The Balaban J connectivity index is 1.47. The molecule has 1 N–H and O–H groups in total. The molecule has 6 aromatic carbocycles. The molecule has 2 heterocycles. The van der Waals surface area contributed by atoms with Gasteiger partial charge >= 0.3 is 0 Å². The number of hydrogen-bond acceptors (Lipinski definition) is 4. The van der Waals surface area contributed by atoms with E-state index in [1.807, 2.05) is 22.9 Å². The maximum Gasteiger partial charge on any atom is 0.182 e. The van der Waals surface area contributed by atoms with Crippen molar-refractivity contribution in [3.63, 3.8) is 0 Å². The Hall–Kier alpha value is -5.38. The molecule has 0 radical (unpaired) electrons. The summed E-state index contributed by atoms with van der Waals surface area (Å²) in [7, 11) is 0. The maximum absolute atomic E-state index is 5.53. The van der Waals surface area contributed by atoms with Crippen LogP contribution in [0.5, 0.6) is 0 Å². The highest BCUT2D eigenvalue weighted by Crippen LogP contribution is 2.44. The SMILES string of the molecule is BrC/C=C(\I)c1cc(NC(c2ccccc2)(c2ccccc2)c2ccccc2)nc2c1nnn2C(c1ccccc1)(c1ccccc1)c1ccccc1. The zero-order valence-corrected chi connectivity index (χ0v) is 32.5. The molecule has 0 aliphatic heterocycles. The quantitative estimate of drug-likeness (QED) is 0.0799. The van der Waals surface area contributed by atoms with E-state index in [4.69, 9.17) is 15.3 Å². The summed E-state index contributed by atoms with van der Waals surface area (Å²) >= 11 is 6.05. The highest BCUT2D eigenvalue weighted by Gasteiger charge is 2.42. The van der Waals surface area contributed by atoms with Crippen molar-refractivity contribution in [1.82, 2.24) is 20.0 Å². The molecule has 2 aromatic heterocycles. The van der Waals surface area contributed by atoms with E-state index >= 15 is 0 Å². The Morgan fingerprint density at radius 3 is 1.34 bits per heavy atom. The Kier molecular flexibility index (Phi) is 10.0. The van der Waals surface area contributed by atoms with Crippen molar-refractivity contribution in [2.45, 2.75) is 11.1 Å². The third kappa shape index (κ3) is 6.28. The summed E-state index contributed by atoms with van der Waals surface area (Å²) in [5, 5.41) is 14.7. The highest BCUT2D eigenvalue weighted by molar-refractivity contribution is 14.1. The number of nitrogens with one attached hydrogen (secondary N) is 1. The number of aromatic nitrogens is 4. The Morgan fingerprint density at radius 2 is 0.962 bits per heavy atom. The van der Waals surface area contributed by atoms with Gasteiger partial charge in [-0.15, -0.1) is 5.10 Å². The van der Waals surface area contributed by atoms with Gasteiger partial charge in [0.25, 0.3) is 0 Å². The minimum absolute atomic E-state index is 0.654. The first kappa shape index (κ1) is 34.7. The average Bonchev–Trinajstić information content (AvgIpc) is 3.66. The fraction of sp³-hybridized carbons (Fsp3) is 0.0652. The second kappa shape index (κ2) is 15.3. The third-order valence-electron chi connectivity index (χ3n) is 9.75. The molecule has 8 aromatic rings. The lowest BCUT2D eigenvalue weighted by Crippen LogP contribution is -2.39. The van der Waals surface area contributed by atoms with Crippen LogP contribution in [0.1, 0.15) is 38.9 Å². The van der Waals surface area contributed by atoms with Crippen molar-refractivity contribution < 1.29 is 0 Å². The largest absolute Gasteiger partial charge is 0.353 e. The van der Waals surface area contributed by atoms with E-state index in [0.717, 1.165) is 42.5 Å². The molecule has 0 aliphatic rings. The number of benzene rings is 6. The van der Waals surface area contributed by atoms with Gasteiger partial charge in [0.2, 0.25) is 0 Å². The summed E-state index contributed by atoms with van der Waals surface area (Å²) in [6, 6.07) is 65.5. The van der Waals surface area contributed by atoms with Crippen molar-refractivity contribution in [1.29, 1.82) is 0 Å². The smallest absolute Gasteiger partial charge is 0.182 e. The molecule has 258 valence electrons. The van der Waals surface area contributed by atoms with Gasteiger partial charge in [-0.05, 0) is 62.0 Å². The van der Waals surface area contributed by atoms with Crippen LogP contribution < -0.4 is 5.32 Å². The zero-order valence-electron chi connectivity index (χ0n) is 28.7. The standard InChI is InChI=1S/C46H35BrIN5/c47-32-31-41(48)40-33-42(50-45(34-19-7-1-8-20-34,35-21-9-2-10-22-35)36-23-11-3-12-24-36)49-44-43(40)51-52-53(44)46(37-25-13-4-14-26-37,38-27-15-5-16-28-38)39-29-17-6-18-30-39/h1-31,33H,32H2,(H,49,50)/b41-31-. The summed E-state index contributed by atoms with van der Waals surface area (Å²) in [5.74, 6) is 0.688. The molecule has 0 atom stereocenters. The molecule has 0 bridgehead atoms. The van der Waals surface area contributed by atoms with E-state index in [1.54, 1.807) is 0 Å². The Morgan fingerprint density at radius 1 is 0.585 bits per heavy atom. The lowest BCUT2D eigenvalue weighted by molar-refractivity contribution is 0.457. The van der Waals surface area contributed by atoms with Crippen LogP contribution in [0.25, 0.3) is 14.7 Å². The predicted molar refractivity (Wildman–Crippen MR) is 229 cm³/mol. The van der Waals surface area contributed by atoms with E-state index in [-0.39, 0.29) is 0 Å².